The quantitative estimate of drug-likeness (QED) is 0.781. The standard InChI is InChI=1S/C10H9F3O/c1-10(14,8(11)9(12)13)7-5-3-2-4-6-7/h2-6,14H,1H3. The molecule has 0 aliphatic heterocycles. The molecule has 0 aliphatic rings. The first kappa shape index (κ1) is 10.8. The van der Waals surface area contributed by atoms with Gasteiger partial charge in [0.2, 0.25) is 5.83 Å². The molecule has 0 saturated heterocycles. The minimum Gasteiger partial charge on any atom is -0.378 e. The third kappa shape index (κ3) is 1.96. The van der Waals surface area contributed by atoms with Crippen LogP contribution in [0.2, 0.25) is 0 Å². The van der Waals surface area contributed by atoms with Crippen LogP contribution < -0.4 is 0 Å². The van der Waals surface area contributed by atoms with E-state index < -0.39 is 17.5 Å². The monoisotopic (exact) mass is 202 g/mol. The highest BCUT2D eigenvalue weighted by atomic mass is 19.3. The summed E-state index contributed by atoms with van der Waals surface area (Å²) in [7, 11) is 0. The summed E-state index contributed by atoms with van der Waals surface area (Å²) in [6.07, 6.45) is -2.50. The van der Waals surface area contributed by atoms with Crippen LogP contribution in [0.25, 0.3) is 0 Å². The van der Waals surface area contributed by atoms with Crippen molar-refractivity contribution in [3.63, 3.8) is 0 Å². The summed E-state index contributed by atoms with van der Waals surface area (Å²) < 4.78 is 36.8. The van der Waals surface area contributed by atoms with Gasteiger partial charge in [0.1, 0.15) is 5.60 Å². The molecule has 0 fully saturated rings. The summed E-state index contributed by atoms with van der Waals surface area (Å²) >= 11 is 0. The van der Waals surface area contributed by atoms with Gasteiger partial charge in [0.05, 0.1) is 0 Å². The highest BCUT2D eigenvalue weighted by Crippen LogP contribution is 2.32. The molecule has 0 heterocycles. The van der Waals surface area contributed by atoms with Crippen LogP contribution in [-0.2, 0) is 5.60 Å². The van der Waals surface area contributed by atoms with Crippen LogP contribution in [0.15, 0.2) is 42.2 Å². The Hall–Kier alpha value is -1.29. The second-order valence-electron chi connectivity index (χ2n) is 3.01. The van der Waals surface area contributed by atoms with Gasteiger partial charge < -0.3 is 5.11 Å². The lowest BCUT2D eigenvalue weighted by atomic mass is 9.95. The molecule has 0 saturated carbocycles. The second-order valence-corrected chi connectivity index (χ2v) is 3.01. The predicted octanol–water partition coefficient (Wildman–Crippen LogP) is 2.97. The van der Waals surface area contributed by atoms with E-state index in [1.165, 1.54) is 24.3 Å². The van der Waals surface area contributed by atoms with E-state index in [-0.39, 0.29) is 5.56 Å². The van der Waals surface area contributed by atoms with E-state index in [9.17, 15) is 18.3 Å². The highest BCUT2D eigenvalue weighted by Gasteiger charge is 2.32. The zero-order valence-corrected chi connectivity index (χ0v) is 7.47. The van der Waals surface area contributed by atoms with Crippen molar-refractivity contribution in [3.05, 3.63) is 47.8 Å². The summed E-state index contributed by atoms with van der Waals surface area (Å²) in [5.41, 5.74) is -2.18. The maximum Gasteiger partial charge on any atom is 0.304 e. The van der Waals surface area contributed by atoms with Crippen LogP contribution in [0.4, 0.5) is 13.2 Å². The molecule has 1 nitrogen and oxygen atoms in total. The molecular weight excluding hydrogens is 193 g/mol. The molecule has 0 aromatic heterocycles. The maximum absolute atomic E-state index is 12.9. The van der Waals surface area contributed by atoms with Crippen LogP contribution >= 0.6 is 0 Å². The summed E-state index contributed by atoms with van der Waals surface area (Å²) in [6.45, 7) is 0.983. The van der Waals surface area contributed by atoms with Gasteiger partial charge >= 0.3 is 6.08 Å². The topological polar surface area (TPSA) is 20.2 Å². The van der Waals surface area contributed by atoms with Gasteiger partial charge in [-0.3, -0.25) is 0 Å². The summed E-state index contributed by atoms with van der Waals surface area (Å²) in [6, 6.07) is 7.47. The molecule has 1 rings (SSSR count). The van der Waals surface area contributed by atoms with Gasteiger partial charge in [-0.15, -0.1) is 0 Å². The third-order valence-electron chi connectivity index (χ3n) is 1.93. The largest absolute Gasteiger partial charge is 0.378 e. The maximum atomic E-state index is 12.9. The minimum absolute atomic E-state index is 0.0882. The summed E-state index contributed by atoms with van der Waals surface area (Å²) in [4.78, 5) is 0. The van der Waals surface area contributed by atoms with E-state index in [0.717, 1.165) is 6.92 Å². The summed E-state index contributed by atoms with van der Waals surface area (Å²) in [5.74, 6) is -1.82. The Morgan fingerprint density at radius 1 is 1.14 bits per heavy atom. The highest BCUT2D eigenvalue weighted by molar-refractivity contribution is 5.28. The Morgan fingerprint density at radius 2 is 1.64 bits per heavy atom. The van der Waals surface area contributed by atoms with Crippen molar-refractivity contribution in [2.24, 2.45) is 0 Å². The average Bonchev–Trinajstić information content (AvgIpc) is 2.18. The van der Waals surface area contributed by atoms with Crippen molar-refractivity contribution < 1.29 is 18.3 Å². The molecule has 1 atom stereocenters. The molecule has 4 heteroatoms. The van der Waals surface area contributed by atoms with Crippen molar-refractivity contribution in [1.82, 2.24) is 0 Å². The number of benzene rings is 1. The molecule has 0 radical (unpaired) electrons. The van der Waals surface area contributed by atoms with Gasteiger partial charge in [-0.25, -0.2) is 4.39 Å². The molecule has 76 valence electrons. The SMILES string of the molecule is CC(O)(C(F)=C(F)F)c1ccccc1. The molecule has 0 aliphatic carbocycles. The molecule has 1 aromatic carbocycles. The van der Waals surface area contributed by atoms with Crippen molar-refractivity contribution in [1.29, 1.82) is 0 Å². The second kappa shape index (κ2) is 3.84. The van der Waals surface area contributed by atoms with E-state index in [2.05, 4.69) is 0 Å². The van der Waals surface area contributed by atoms with Crippen LogP contribution in [-0.4, -0.2) is 5.11 Å². The van der Waals surface area contributed by atoms with E-state index in [1.54, 1.807) is 6.07 Å². The average molecular weight is 202 g/mol. The molecular formula is C10H9F3O. The van der Waals surface area contributed by atoms with Crippen molar-refractivity contribution in [3.8, 4) is 0 Å². The fraction of sp³-hybridized carbons (Fsp3) is 0.200. The lowest BCUT2D eigenvalue weighted by Crippen LogP contribution is -2.22. The predicted molar refractivity (Wildman–Crippen MR) is 46.4 cm³/mol. The van der Waals surface area contributed by atoms with Crippen molar-refractivity contribution in [2.45, 2.75) is 12.5 Å². The van der Waals surface area contributed by atoms with Crippen LogP contribution in [0, 0.1) is 0 Å². The first-order valence-corrected chi connectivity index (χ1v) is 3.95. The third-order valence-corrected chi connectivity index (χ3v) is 1.93. The zero-order valence-electron chi connectivity index (χ0n) is 7.47. The number of hydrogen-bond donors (Lipinski definition) is 1. The minimum atomic E-state index is -2.50. The van der Waals surface area contributed by atoms with Crippen LogP contribution in [0.1, 0.15) is 12.5 Å². The Labute approximate surface area is 79.5 Å². The molecule has 0 amide bonds. The van der Waals surface area contributed by atoms with Crippen molar-refractivity contribution in [2.75, 3.05) is 0 Å². The lowest BCUT2D eigenvalue weighted by Gasteiger charge is -2.20. The molecule has 0 bridgehead atoms. The van der Waals surface area contributed by atoms with E-state index in [4.69, 9.17) is 0 Å². The Balaban J connectivity index is 3.15. The normalized spacial score (nSPS) is 14.6. The fourth-order valence-electron chi connectivity index (χ4n) is 1.07. The van der Waals surface area contributed by atoms with Gasteiger partial charge in [-0.1, -0.05) is 30.3 Å². The van der Waals surface area contributed by atoms with Crippen LogP contribution in [0.5, 0.6) is 0 Å². The van der Waals surface area contributed by atoms with Gasteiger partial charge in [-0.2, -0.15) is 8.78 Å². The summed E-state index contributed by atoms with van der Waals surface area (Å²) in [5, 5.41) is 9.51. The Kier molecular flexibility index (Phi) is 2.96. The van der Waals surface area contributed by atoms with E-state index in [0.29, 0.717) is 0 Å². The molecule has 0 spiro atoms. The smallest absolute Gasteiger partial charge is 0.304 e. The molecule has 1 aromatic rings. The first-order valence-electron chi connectivity index (χ1n) is 3.95. The van der Waals surface area contributed by atoms with Crippen LogP contribution in [0.3, 0.4) is 0 Å². The van der Waals surface area contributed by atoms with Crippen molar-refractivity contribution >= 4 is 0 Å². The molecule has 1 unspecified atom stereocenters. The molecule has 14 heavy (non-hydrogen) atoms. The van der Waals surface area contributed by atoms with Gasteiger partial charge in [0.15, 0.2) is 0 Å². The van der Waals surface area contributed by atoms with Gasteiger partial charge in [0.25, 0.3) is 0 Å². The van der Waals surface area contributed by atoms with Gasteiger partial charge in [-0.05, 0) is 12.5 Å². The number of hydrogen-bond acceptors (Lipinski definition) is 1. The van der Waals surface area contributed by atoms with Gasteiger partial charge in [0, 0.05) is 0 Å². The first-order chi connectivity index (χ1) is 6.46. The number of halogens is 3. The Morgan fingerprint density at radius 3 is 2.07 bits per heavy atom. The molecule has 1 N–H and O–H groups in total. The zero-order chi connectivity index (χ0) is 10.8. The Bertz CT molecular complexity index is 340. The lowest BCUT2D eigenvalue weighted by molar-refractivity contribution is 0.0627. The number of rotatable bonds is 2. The van der Waals surface area contributed by atoms with E-state index >= 15 is 0 Å². The number of aliphatic hydroxyl groups is 1. The fourth-order valence-corrected chi connectivity index (χ4v) is 1.07. The van der Waals surface area contributed by atoms with E-state index in [1.807, 2.05) is 0 Å².